The third kappa shape index (κ3) is 3.62. The average Bonchev–Trinajstić information content (AvgIpc) is 3.44. The maximum Gasteiger partial charge on any atom is 0.137 e. The highest BCUT2D eigenvalue weighted by molar-refractivity contribution is 7.17. The van der Waals surface area contributed by atoms with Crippen molar-refractivity contribution in [3.05, 3.63) is 77.9 Å². The van der Waals surface area contributed by atoms with Gasteiger partial charge in [-0.1, -0.05) is 42.5 Å². The lowest BCUT2D eigenvalue weighted by Gasteiger charge is -2.32. The maximum absolute atomic E-state index is 4.73. The number of hydrogen-bond donors (Lipinski definition) is 1. The Kier molecular flexibility index (Phi) is 5.02. The van der Waals surface area contributed by atoms with Gasteiger partial charge in [0.2, 0.25) is 0 Å². The van der Waals surface area contributed by atoms with Crippen LogP contribution in [0.25, 0.3) is 43.4 Å². The van der Waals surface area contributed by atoms with E-state index in [1.54, 1.807) is 11.3 Å². The van der Waals surface area contributed by atoms with Crippen LogP contribution in [0.3, 0.4) is 0 Å². The summed E-state index contributed by atoms with van der Waals surface area (Å²) in [6.45, 7) is 5.63. The zero-order valence-electron chi connectivity index (χ0n) is 18.2. The third-order valence-electron chi connectivity index (χ3n) is 6.59. The minimum atomic E-state index is 0.936. The molecule has 3 aromatic heterocycles. The Morgan fingerprint density at radius 3 is 2.56 bits per heavy atom. The van der Waals surface area contributed by atoms with Crippen LogP contribution >= 0.6 is 11.3 Å². The van der Waals surface area contributed by atoms with Crippen molar-refractivity contribution in [2.24, 2.45) is 0 Å². The second-order valence-corrected chi connectivity index (χ2v) is 9.66. The van der Waals surface area contributed by atoms with Crippen molar-refractivity contribution in [3.63, 3.8) is 0 Å². The van der Waals surface area contributed by atoms with Crippen molar-refractivity contribution in [1.29, 1.82) is 0 Å². The molecule has 0 amide bonds. The molecule has 1 aliphatic heterocycles. The molecule has 0 spiro atoms. The monoisotopic (exact) mass is 438 g/mol. The van der Waals surface area contributed by atoms with Crippen LogP contribution in [0.2, 0.25) is 0 Å². The number of fused-ring (bicyclic) bond motifs is 2. The van der Waals surface area contributed by atoms with Crippen molar-refractivity contribution in [2.75, 3.05) is 33.2 Å². The van der Waals surface area contributed by atoms with Crippen LogP contribution in [0.15, 0.2) is 72.4 Å². The molecular weight excluding hydrogens is 412 g/mol. The zero-order valence-corrected chi connectivity index (χ0v) is 19.0. The van der Waals surface area contributed by atoms with Crippen molar-refractivity contribution in [1.82, 2.24) is 19.8 Å². The number of nitrogens with zero attached hydrogens (tertiary/aromatic N) is 3. The third-order valence-corrected chi connectivity index (χ3v) is 7.56. The summed E-state index contributed by atoms with van der Waals surface area (Å²) in [5.74, 6) is 0. The molecule has 4 nitrogen and oxygen atoms in total. The predicted molar refractivity (Wildman–Crippen MR) is 135 cm³/mol. The lowest BCUT2D eigenvalue weighted by atomic mass is 10.0. The maximum atomic E-state index is 4.73. The number of piperazine rings is 1. The largest absolute Gasteiger partial charge is 0.346 e. The Morgan fingerprint density at radius 2 is 1.72 bits per heavy atom. The first-order valence-corrected chi connectivity index (χ1v) is 12.1. The number of aromatic nitrogens is 2. The molecule has 6 rings (SSSR count). The number of H-pyrrole nitrogens is 1. The number of nitrogens with one attached hydrogen (secondary N) is 1. The molecular formula is C27H26N4S. The van der Waals surface area contributed by atoms with Crippen LogP contribution in [0.5, 0.6) is 0 Å². The molecule has 0 bridgehead atoms. The number of thiophene rings is 1. The van der Waals surface area contributed by atoms with Crippen molar-refractivity contribution < 1.29 is 0 Å². The molecule has 1 saturated heterocycles. The lowest BCUT2D eigenvalue weighted by molar-refractivity contribution is 0.148. The van der Waals surface area contributed by atoms with Gasteiger partial charge in [-0.15, -0.1) is 11.3 Å². The molecule has 0 aliphatic carbocycles. The molecule has 1 aliphatic rings. The molecule has 160 valence electrons. The van der Waals surface area contributed by atoms with E-state index in [1.807, 2.05) is 6.20 Å². The smallest absolute Gasteiger partial charge is 0.137 e. The first-order valence-electron chi connectivity index (χ1n) is 11.2. The fourth-order valence-corrected chi connectivity index (χ4v) is 5.60. The lowest BCUT2D eigenvalue weighted by Crippen LogP contribution is -2.43. The molecule has 5 aromatic rings. The number of rotatable bonds is 4. The molecule has 2 aromatic carbocycles. The molecule has 1 fully saturated rings. The summed E-state index contributed by atoms with van der Waals surface area (Å²) in [5.41, 5.74) is 7.18. The minimum Gasteiger partial charge on any atom is -0.346 e. The van der Waals surface area contributed by atoms with E-state index in [1.165, 1.54) is 37.7 Å². The van der Waals surface area contributed by atoms with Crippen molar-refractivity contribution >= 4 is 32.5 Å². The van der Waals surface area contributed by atoms with E-state index < -0.39 is 0 Å². The first-order chi connectivity index (χ1) is 15.7. The molecule has 5 heteroatoms. The van der Waals surface area contributed by atoms with Crippen molar-refractivity contribution in [2.45, 2.75) is 6.54 Å². The van der Waals surface area contributed by atoms with E-state index in [9.17, 15) is 0 Å². The number of aromatic amines is 1. The normalized spacial score (nSPS) is 15.7. The zero-order chi connectivity index (χ0) is 21.5. The SMILES string of the molecule is CN1CCN(Cc2ccc(-c3cnc4[nH]cc(-c5csc6ccccc56)c4c3)cc2)CC1. The summed E-state index contributed by atoms with van der Waals surface area (Å²) in [6, 6.07) is 19.9. The Bertz CT molecular complexity index is 1370. The number of benzene rings is 2. The van der Waals surface area contributed by atoms with E-state index in [2.05, 4.69) is 88.0 Å². The van der Waals surface area contributed by atoms with Gasteiger partial charge in [0.15, 0.2) is 0 Å². The van der Waals surface area contributed by atoms with Gasteiger partial charge in [0, 0.05) is 77.3 Å². The van der Waals surface area contributed by atoms with Gasteiger partial charge in [-0.05, 0) is 35.7 Å². The van der Waals surface area contributed by atoms with Crippen LogP contribution in [0.4, 0.5) is 0 Å². The van der Waals surface area contributed by atoms with Gasteiger partial charge >= 0.3 is 0 Å². The first kappa shape index (κ1) is 19.7. The topological polar surface area (TPSA) is 35.2 Å². The summed E-state index contributed by atoms with van der Waals surface area (Å²) in [7, 11) is 2.20. The molecule has 0 atom stereocenters. The highest BCUT2D eigenvalue weighted by atomic mass is 32.1. The average molecular weight is 439 g/mol. The fourth-order valence-electron chi connectivity index (χ4n) is 4.64. The molecule has 4 heterocycles. The van der Waals surface area contributed by atoms with Gasteiger partial charge in [0.05, 0.1) is 0 Å². The summed E-state index contributed by atoms with van der Waals surface area (Å²) >= 11 is 1.80. The van der Waals surface area contributed by atoms with Gasteiger partial charge < -0.3 is 9.88 Å². The Hall–Kier alpha value is -2.99. The van der Waals surface area contributed by atoms with E-state index in [0.29, 0.717) is 0 Å². The summed E-state index contributed by atoms with van der Waals surface area (Å²) in [5, 5.41) is 4.73. The van der Waals surface area contributed by atoms with E-state index in [4.69, 9.17) is 4.98 Å². The van der Waals surface area contributed by atoms with E-state index >= 15 is 0 Å². The molecule has 0 unspecified atom stereocenters. The Morgan fingerprint density at radius 1 is 0.906 bits per heavy atom. The Balaban J connectivity index is 1.30. The standard InChI is InChI=1S/C27H26N4S/c1-30-10-12-31(13-11-30)17-19-6-8-20(9-7-19)21-14-23-24(16-29-27(23)28-15-21)25-18-32-26-5-3-2-4-22(25)26/h2-9,14-16,18H,10-13,17H2,1H3,(H,28,29). The van der Waals surface area contributed by atoms with Gasteiger partial charge in [-0.25, -0.2) is 4.98 Å². The molecule has 0 saturated carbocycles. The molecule has 0 radical (unpaired) electrons. The van der Waals surface area contributed by atoms with Gasteiger partial charge in [0.1, 0.15) is 5.65 Å². The van der Waals surface area contributed by atoms with Crippen LogP contribution in [-0.4, -0.2) is 53.0 Å². The Labute approximate surface area is 192 Å². The van der Waals surface area contributed by atoms with Crippen LogP contribution in [0, 0.1) is 0 Å². The summed E-state index contributed by atoms with van der Waals surface area (Å²) in [6.07, 6.45) is 4.07. The van der Waals surface area contributed by atoms with Crippen LogP contribution in [-0.2, 0) is 6.54 Å². The molecule has 1 N–H and O–H groups in total. The highest BCUT2D eigenvalue weighted by Gasteiger charge is 2.15. The quantitative estimate of drug-likeness (QED) is 0.382. The van der Waals surface area contributed by atoms with Crippen LogP contribution < -0.4 is 0 Å². The van der Waals surface area contributed by atoms with E-state index in [-0.39, 0.29) is 0 Å². The molecule has 32 heavy (non-hydrogen) atoms. The second kappa shape index (κ2) is 8.17. The van der Waals surface area contributed by atoms with Gasteiger partial charge in [0.25, 0.3) is 0 Å². The fraction of sp³-hybridized carbons (Fsp3) is 0.222. The van der Waals surface area contributed by atoms with E-state index in [0.717, 1.165) is 43.9 Å². The number of hydrogen-bond acceptors (Lipinski definition) is 4. The van der Waals surface area contributed by atoms with Crippen molar-refractivity contribution in [3.8, 4) is 22.3 Å². The minimum absolute atomic E-state index is 0.936. The van der Waals surface area contributed by atoms with Gasteiger partial charge in [-0.3, -0.25) is 4.90 Å². The number of pyridine rings is 1. The highest BCUT2D eigenvalue weighted by Crippen LogP contribution is 2.38. The second-order valence-electron chi connectivity index (χ2n) is 8.74. The summed E-state index contributed by atoms with van der Waals surface area (Å²) < 4.78 is 1.32. The van der Waals surface area contributed by atoms with Crippen LogP contribution in [0.1, 0.15) is 5.56 Å². The van der Waals surface area contributed by atoms with Gasteiger partial charge in [-0.2, -0.15) is 0 Å². The number of likely N-dealkylation sites (N-methyl/N-ethyl adjacent to an activating group) is 1. The predicted octanol–water partition coefficient (Wildman–Crippen LogP) is 5.86. The summed E-state index contributed by atoms with van der Waals surface area (Å²) in [4.78, 5) is 13.0.